The average Bonchev–Trinajstić information content (AvgIpc) is 3.00. The minimum atomic E-state index is -0.913. The van der Waals surface area contributed by atoms with Crippen LogP contribution < -0.4 is 10.6 Å². The number of amides is 2. The predicted octanol–water partition coefficient (Wildman–Crippen LogP) is 1.89. The molecule has 0 saturated heterocycles. The molecule has 0 fully saturated rings. The number of nitrogens with one attached hydrogen (secondary N) is 3. The third-order valence-corrected chi connectivity index (χ3v) is 3.74. The van der Waals surface area contributed by atoms with Crippen molar-refractivity contribution >= 4 is 28.9 Å². The normalized spacial score (nSPS) is 12.3. The molecule has 0 unspecified atom stereocenters. The summed E-state index contributed by atoms with van der Waals surface area (Å²) in [4.78, 5) is 39.1. The molecule has 0 radical (unpaired) electrons. The Bertz CT molecular complexity index is 822. The predicted molar refractivity (Wildman–Crippen MR) is 100 cm³/mol. The number of esters is 1. The van der Waals surface area contributed by atoms with Gasteiger partial charge in [-0.2, -0.15) is 0 Å². The number of carbonyl (C=O) groups excluding carboxylic acids is 3. The van der Waals surface area contributed by atoms with Crippen LogP contribution in [-0.2, 0) is 25.5 Å². The molecule has 2 amide bonds. The van der Waals surface area contributed by atoms with Crippen LogP contribution in [0.1, 0.15) is 26.3 Å². The lowest BCUT2D eigenvalue weighted by Gasteiger charge is -2.23. The molecule has 146 valence electrons. The SMILES string of the molecule is COC(=O)CNC(=O)[C@@H](Cc1c[nH]c2ccccc12)NC(=O)OC(C)(C)C. The Morgan fingerprint density at radius 3 is 2.56 bits per heavy atom. The van der Waals surface area contributed by atoms with Gasteiger partial charge in [-0.05, 0) is 32.4 Å². The number of aromatic amines is 1. The molecule has 0 saturated carbocycles. The number of fused-ring (bicyclic) bond motifs is 1. The van der Waals surface area contributed by atoms with Crippen LogP contribution in [0.2, 0.25) is 0 Å². The van der Waals surface area contributed by atoms with Crippen LogP contribution >= 0.6 is 0 Å². The van der Waals surface area contributed by atoms with Crippen molar-refractivity contribution in [3.05, 3.63) is 36.0 Å². The molecule has 1 heterocycles. The second-order valence-electron chi connectivity index (χ2n) is 7.06. The molecule has 0 spiro atoms. The Balaban J connectivity index is 2.16. The first kappa shape index (κ1) is 20.3. The van der Waals surface area contributed by atoms with Gasteiger partial charge in [-0.25, -0.2) is 4.79 Å². The first-order chi connectivity index (χ1) is 12.7. The van der Waals surface area contributed by atoms with Gasteiger partial charge >= 0.3 is 12.1 Å². The first-order valence-electron chi connectivity index (χ1n) is 8.58. The van der Waals surface area contributed by atoms with Gasteiger partial charge in [0.25, 0.3) is 0 Å². The van der Waals surface area contributed by atoms with Crippen LogP contribution in [0.3, 0.4) is 0 Å². The Hall–Kier alpha value is -3.03. The Labute approximate surface area is 157 Å². The lowest BCUT2D eigenvalue weighted by atomic mass is 10.0. The van der Waals surface area contributed by atoms with E-state index in [0.717, 1.165) is 16.5 Å². The highest BCUT2D eigenvalue weighted by Gasteiger charge is 2.26. The third-order valence-electron chi connectivity index (χ3n) is 3.74. The van der Waals surface area contributed by atoms with E-state index >= 15 is 0 Å². The number of methoxy groups -OCH3 is 1. The second-order valence-corrected chi connectivity index (χ2v) is 7.06. The molecule has 8 heteroatoms. The quantitative estimate of drug-likeness (QED) is 0.668. The summed E-state index contributed by atoms with van der Waals surface area (Å²) >= 11 is 0. The van der Waals surface area contributed by atoms with Crippen molar-refractivity contribution in [2.45, 2.75) is 38.8 Å². The molecule has 1 aromatic heterocycles. The van der Waals surface area contributed by atoms with Gasteiger partial charge in [-0.15, -0.1) is 0 Å². The van der Waals surface area contributed by atoms with E-state index in [2.05, 4.69) is 20.4 Å². The van der Waals surface area contributed by atoms with Gasteiger partial charge in [-0.3, -0.25) is 9.59 Å². The summed E-state index contributed by atoms with van der Waals surface area (Å²) in [5.74, 6) is -1.08. The fourth-order valence-corrected chi connectivity index (χ4v) is 2.53. The standard InChI is InChI=1S/C19H25N3O5/c1-19(2,3)27-18(25)22-15(17(24)21-11-16(23)26-4)9-12-10-20-14-8-6-5-7-13(12)14/h5-8,10,15,20H,9,11H2,1-4H3,(H,21,24)(H,22,25)/t15-/m1/s1. The van der Waals surface area contributed by atoms with Crippen molar-refractivity contribution in [3.63, 3.8) is 0 Å². The average molecular weight is 375 g/mol. The molecule has 2 aromatic rings. The smallest absolute Gasteiger partial charge is 0.408 e. The number of carbonyl (C=O) groups is 3. The van der Waals surface area contributed by atoms with E-state index in [1.54, 1.807) is 27.0 Å². The zero-order chi connectivity index (χ0) is 20.0. The van der Waals surface area contributed by atoms with Crippen molar-refractivity contribution in [2.75, 3.05) is 13.7 Å². The van der Waals surface area contributed by atoms with E-state index in [1.807, 2.05) is 24.3 Å². The zero-order valence-corrected chi connectivity index (χ0v) is 15.9. The maximum absolute atomic E-state index is 12.5. The lowest BCUT2D eigenvalue weighted by molar-refractivity contribution is -0.141. The monoisotopic (exact) mass is 375 g/mol. The number of H-pyrrole nitrogens is 1. The van der Waals surface area contributed by atoms with Gasteiger partial charge in [0.15, 0.2) is 0 Å². The molecule has 3 N–H and O–H groups in total. The van der Waals surface area contributed by atoms with Gasteiger partial charge in [0, 0.05) is 23.5 Å². The van der Waals surface area contributed by atoms with E-state index < -0.39 is 29.6 Å². The van der Waals surface area contributed by atoms with Crippen molar-refractivity contribution in [3.8, 4) is 0 Å². The highest BCUT2D eigenvalue weighted by Crippen LogP contribution is 2.19. The summed E-state index contributed by atoms with van der Waals surface area (Å²) in [5, 5.41) is 6.00. The molecule has 8 nitrogen and oxygen atoms in total. The van der Waals surface area contributed by atoms with E-state index in [9.17, 15) is 14.4 Å². The highest BCUT2D eigenvalue weighted by molar-refractivity contribution is 5.90. The fraction of sp³-hybridized carbons (Fsp3) is 0.421. The van der Waals surface area contributed by atoms with Crippen molar-refractivity contribution in [1.82, 2.24) is 15.6 Å². The Kier molecular flexibility index (Phi) is 6.44. The van der Waals surface area contributed by atoms with Crippen molar-refractivity contribution < 1.29 is 23.9 Å². The number of rotatable bonds is 6. The summed E-state index contributed by atoms with van der Waals surface area (Å²) in [7, 11) is 1.23. The summed E-state index contributed by atoms with van der Waals surface area (Å²) in [5.41, 5.74) is 1.09. The van der Waals surface area contributed by atoms with E-state index in [-0.39, 0.29) is 13.0 Å². The number of hydrogen-bond acceptors (Lipinski definition) is 5. The van der Waals surface area contributed by atoms with Crippen LogP contribution in [0.25, 0.3) is 10.9 Å². The molecule has 0 aliphatic rings. The summed E-state index contributed by atoms with van der Waals surface area (Å²) in [6.07, 6.45) is 1.32. The van der Waals surface area contributed by atoms with Gasteiger partial charge in [0.05, 0.1) is 7.11 Å². The molecular weight excluding hydrogens is 350 g/mol. The number of benzene rings is 1. The molecular formula is C19H25N3O5. The van der Waals surface area contributed by atoms with Crippen LogP contribution in [-0.4, -0.2) is 48.3 Å². The maximum Gasteiger partial charge on any atom is 0.408 e. The third kappa shape index (κ3) is 6.02. The molecule has 2 rings (SSSR count). The highest BCUT2D eigenvalue weighted by atomic mass is 16.6. The van der Waals surface area contributed by atoms with Gasteiger partial charge < -0.3 is 25.1 Å². The zero-order valence-electron chi connectivity index (χ0n) is 15.9. The second kappa shape index (κ2) is 8.57. The van der Waals surface area contributed by atoms with Crippen LogP contribution in [0.5, 0.6) is 0 Å². The van der Waals surface area contributed by atoms with Crippen molar-refractivity contribution in [1.29, 1.82) is 0 Å². The van der Waals surface area contributed by atoms with Gasteiger partial charge in [-0.1, -0.05) is 18.2 Å². The molecule has 27 heavy (non-hydrogen) atoms. The number of ether oxygens (including phenoxy) is 2. The van der Waals surface area contributed by atoms with E-state index in [0.29, 0.717) is 0 Å². The lowest BCUT2D eigenvalue weighted by Crippen LogP contribution is -2.50. The largest absolute Gasteiger partial charge is 0.468 e. The maximum atomic E-state index is 12.5. The molecule has 1 atom stereocenters. The van der Waals surface area contributed by atoms with Crippen molar-refractivity contribution in [2.24, 2.45) is 0 Å². The molecule has 0 aliphatic carbocycles. The summed E-state index contributed by atoms with van der Waals surface area (Å²) in [6.45, 7) is 4.92. The van der Waals surface area contributed by atoms with Gasteiger partial charge in [0.2, 0.25) is 5.91 Å². The number of para-hydroxylation sites is 1. The molecule has 1 aromatic carbocycles. The Morgan fingerprint density at radius 1 is 1.19 bits per heavy atom. The minimum absolute atomic E-state index is 0.232. The van der Waals surface area contributed by atoms with Crippen LogP contribution in [0.4, 0.5) is 4.79 Å². The molecule has 0 bridgehead atoms. The Morgan fingerprint density at radius 2 is 1.89 bits per heavy atom. The summed E-state index contributed by atoms with van der Waals surface area (Å²) in [6, 6.07) is 6.74. The van der Waals surface area contributed by atoms with Crippen LogP contribution in [0.15, 0.2) is 30.5 Å². The number of aromatic nitrogens is 1. The van der Waals surface area contributed by atoms with E-state index in [4.69, 9.17) is 4.74 Å². The van der Waals surface area contributed by atoms with Crippen LogP contribution in [0, 0.1) is 0 Å². The first-order valence-corrected chi connectivity index (χ1v) is 8.58. The number of alkyl carbamates (subject to hydrolysis) is 1. The topological polar surface area (TPSA) is 110 Å². The molecule has 0 aliphatic heterocycles. The number of hydrogen-bond donors (Lipinski definition) is 3. The van der Waals surface area contributed by atoms with Gasteiger partial charge in [0.1, 0.15) is 18.2 Å². The van der Waals surface area contributed by atoms with E-state index in [1.165, 1.54) is 7.11 Å². The summed E-state index contributed by atoms with van der Waals surface area (Å²) < 4.78 is 9.76. The minimum Gasteiger partial charge on any atom is -0.468 e. The fourth-order valence-electron chi connectivity index (χ4n) is 2.53.